The standard InChI is InChI=1S/C23H22FN5O/c1-16-2-4-18(5-3-16)26-23-25-15-17-8-9-29(22(17)27-23)19-6-7-21(20(24)14-19)28-10-12-30-13-11-28/h2-9,14-15H,10-13H2,1H3,(H,25,26,27). The first-order valence-corrected chi connectivity index (χ1v) is 9.98. The van der Waals surface area contributed by atoms with E-state index in [1.54, 1.807) is 12.3 Å². The third-order valence-electron chi connectivity index (χ3n) is 5.30. The van der Waals surface area contributed by atoms with Crippen molar-refractivity contribution in [2.75, 3.05) is 36.5 Å². The maximum Gasteiger partial charge on any atom is 0.229 e. The summed E-state index contributed by atoms with van der Waals surface area (Å²) in [5, 5.41) is 4.12. The molecule has 152 valence electrons. The van der Waals surface area contributed by atoms with E-state index in [4.69, 9.17) is 4.74 Å². The fraction of sp³-hybridized carbons (Fsp3) is 0.217. The Balaban J connectivity index is 1.46. The van der Waals surface area contributed by atoms with E-state index in [-0.39, 0.29) is 5.82 Å². The van der Waals surface area contributed by atoms with Crippen molar-refractivity contribution in [1.29, 1.82) is 0 Å². The number of benzene rings is 2. The van der Waals surface area contributed by atoms with Crippen LogP contribution in [0.2, 0.25) is 0 Å². The Hall–Kier alpha value is -3.45. The van der Waals surface area contributed by atoms with Crippen LogP contribution in [0.1, 0.15) is 5.56 Å². The van der Waals surface area contributed by atoms with Crippen LogP contribution in [0.25, 0.3) is 16.7 Å². The molecule has 0 unspecified atom stereocenters. The van der Waals surface area contributed by atoms with E-state index >= 15 is 0 Å². The first-order valence-electron chi connectivity index (χ1n) is 9.98. The van der Waals surface area contributed by atoms with Crippen molar-refractivity contribution in [3.63, 3.8) is 0 Å². The van der Waals surface area contributed by atoms with Crippen molar-refractivity contribution in [2.45, 2.75) is 6.92 Å². The van der Waals surface area contributed by atoms with Crippen molar-refractivity contribution in [3.05, 3.63) is 72.3 Å². The highest BCUT2D eigenvalue weighted by molar-refractivity contribution is 5.79. The molecule has 3 heterocycles. The summed E-state index contributed by atoms with van der Waals surface area (Å²) in [6.07, 6.45) is 3.66. The zero-order valence-electron chi connectivity index (χ0n) is 16.7. The number of aromatic nitrogens is 3. The second kappa shape index (κ2) is 7.76. The van der Waals surface area contributed by atoms with Gasteiger partial charge in [0.05, 0.1) is 24.6 Å². The third-order valence-corrected chi connectivity index (χ3v) is 5.30. The van der Waals surface area contributed by atoms with Crippen LogP contribution in [0, 0.1) is 12.7 Å². The zero-order chi connectivity index (χ0) is 20.5. The molecule has 30 heavy (non-hydrogen) atoms. The summed E-state index contributed by atoms with van der Waals surface area (Å²) in [6.45, 7) is 4.69. The Morgan fingerprint density at radius 2 is 1.83 bits per heavy atom. The van der Waals surface area contributed by atoms with Crippen molar-refractivity contribution in [1.82, 2.24) is 14.5 Å². The van der Waals surface area contributed by atoms with Crippen molar-refractivity contribution in [3.8, 4) is 5.69 Å². The number of anilines is 3. The molecule has 0 saturated carbocycles. The minimum absolute atomic E-state index is 0.247. The minimum Gasteiger partial charge on any atom is -0.378 e. The van der Waals surface area contributed by atoms with Crippen LogP contribution in [0.15, 0.2) is 60.9 Å². The molecule has 0 atom stereocenters. The summed E-state index contributed by atoms with van der Waals surface area (Å²) in [6, 6.07) is 15.3. The number of nitrogens with one attached hydrogen (secondary N) is 1. The highest BCUT2D eigenvalue weighted by Gasteiger charge is 2.16. The van der Waals surface area contributed by atoms with Crippen LogP contribution < -0.4 is 10.2 Å². The van der Waals surface area contributed by atoms with Crippen molar-refractivity contribution < 1.29 is 9.13 Å². The van der Waals surface area contributed by atoms with Crippen LogP contribution >= 0.6 is 0 Å². The van der Waals surface area contributed by atoms with Gasteiger partial charge in [-0.2, -0.15) is 4.98 Å². The van der Waals surface area contributed by atoms with E-state index < -0.39 is 0 Å². The van der Waals surface area contributed by atoms with E-state index in [1.165, 1.54) is 5.56 Å². The number of rotatable bonds is 4. The van der Waals surface area contributed by atoms with Crippen LogP contribution in [0.3, 0.4) is 0 Å². The summed E-state index contributed by atoms with van der Waals surface area (Å²) in [4.78, 5) is 11.1. The Labute approximate surface area is 173 Å². The van der Waals surface area contributed by atoms with E-state index in [2.05, 4.69) is 15.3 Å². The van der Waals surface area contributed by atoms with Gasteiger partial charge in [0, 0.05) is 42.6 Å². The molecule has 1 saturated heterocycles. The quantitative estimate of drug-likeness (QED) is 0.546. The highest BCUT2D eigenvalue weighted by Crippen LogP contribution is 2.26. The average molecular weight is 403 g/mol. The van der Waals surface area contributed by atoms with Crippen molar-refractivity contribution >= 4 is 28.4 Å². The third kappa shape index (κ3) is 3.59. The molecule has 7 heteroatoms. The molecule has 0 amide bonds. The summed E-state index contributed by atoms with van der Waals surface area (Å²) in [7, 11) is 0. The number of morpholine rings is 1. The predicted molar refractivity (Wildman–Crippen MR) is 116 cm³/mol. The Kier molecular flexibility index (Phi) is 4.80. The molecule has 0 spiro atoms. The molecule has 4 aromatic rings. The van der Waals surface area contributed by atoms with E-state index in [0.29, 0.717) is 37.9 Å². The smallest absolute Gasteiger partial charge is 0.229 e. The lowest BCUT2D eigenvalue weighted by Gasteiger charge is -2.29. The summed E-state index contributed by atoms with van der Waals surface area (Å²) >= 11 is 0. The largest absolute Gasteiger partial charge is 0.378 e. The Morgan fingerprint density at radius 3 is 2.60 bits per heavy atom. The molecule has 6 nitrogen and oxygen atoms in total. The zero-order valence-corrected chi connectivity index (χ0v) is 16.7. The first-order chi connectivity index (χ1) is 14.7. The molecular weight excluding hydrogens is 381 g/mol. The van der Waals surface area contributed by atoms with Gasteiger partial charge in [-0.15, -0.1) is 0 Å². The number of ether oxygens (including phenoxy) is 1. The number of hydrogen-bond donors (Lipinski definition) is 1. The van der Waals surface area contributed by atoms with Gasteiger partial charge in [-0.25, -0.2) is 9.37 Å². The summed E-state index contributed by atoms with van der Waals surface area (Å²) < 4.78 is 22.1. The van der Waals surface area contributed by atoms with Crippen LogP contribution in [-0.2, 0) is 4.74 Å². The second-order valence-electron chi connectivity index (χ2n) is 7.38. The van der Waals surface area contributed by atoms with Gasteiger partial charge in [0.25, 0.3) is 0 Å². The molecule has 5 rings (SSSR count). The van der Waals surface area contributed by atoms with E-state index in [0.717, 1.165) is 22.4 Å². The Bertz CT molecular complexity index is 1180. The van der Waals surface area contributed by atoms with Crippen molar-refractivity contribution in [2.24, 2.45) is 0 Å². The van der Waals surface area contributed by atoms with Gasteiger partial charge in [-0.05, 0) is 37.3 Å². The van der Waals surface area contributed by atoms with Gasteiger partial charge in [-0.3, -0.25) is 0 Å². The van der Waals surface area contributed by atoms with E-state index in [9.17, 15) is 4.39 Å². The van der Waals surface area contributed by atoms with Crippen LogP contribution in [0.4, 0.5) is 21.7 Å². The fourth-order valence-electron chi connectivity index (χ4n) is 3.66. The monoisotopic (exact) mass is 403 g/mol. The van der Waals surface area contributed by atoms with E-state index in [1.807, 2.05) is 65.1 Å². The number of halogens is 1. The SMILES string of the molecule is Cc1ccc(Nc2ncc3ccn(-c4ccc(N5CCOCC5)c(F)c4)c3n2)cc1. The Morgan fingerprint density at radius 1 is 1.03 bits per heavy atom. The average Bonchev–Trinajstić information content (AvgIpc) is 3.19. The number of hydrogen-bond acceptors (Lipinski definition) is 5. The van der Waals surface area contributed by atoms with Crippen LogP contribution in [0.5, 0.6) is 0 Å². The number of nitrogens with zero attached hydrogens (tertiary/aromatic N) is 4. The topological polar surface area (TPSA) is 55.2 Å². The van der Waals surface area contributed by atoms with Gasteiger partial charge < -0.3 is 19.5 Å². The summed E-state index contributed by atoms with van der Waals surface area (Å²) in [5.41, 5.74) is 4.15. The summed E-state index contributed by atoms with van der Waals surface area (Å²) in [5.74, 6) is 0.250. The number of fused-ring (bicyclic) bond motifs is 1. The van der Waals surface area contributed by atoms with Gasteiger partial charge in [0.15, 0.2) is 0 Å². The molecule has 2 aromatic heterocycles. The second-order valence-corrected chi connectivity index (χ2v) is 7.38. The molecule has 0 aliphatic carbocycles. The number of aryl methyl sites for hydroxylation is 1. The molecule has 0 radical (unpaired) electrons. The van der Waals surface area contributed by atoms with Gasteiger partial charge in [0.1, 0.15) is 11.5 Å². The normalized spacial score (nSPS) is 14.3. The highest BCUT2D eigenvalue weighted by atomic mass is 19.1. The minimum atomic E-state index is -0.247. The lowest BCUT2D eigenvalue weighted by molar-refractivity contribution is 0.122. The lowest BCUT2D eigenvalue weighted by Crippen LogP contribution is -2.36. The van der Waals surface area contributed by atoms with Gasteiger partial charge in [0.2, 0.25) is 5.95 Å². The molecule has 1 aliphatic rings. The molecule has 1 aliphatic heterocycles. The molecule has 2 aromatic carbocycles. The molecule has 0 bridgehead atoms. The predicted octanol–water partition coefficient (Wildman–Crippen LogP) is 4.45. The first kappa shape index (κ1) is 18.6. The van der Waals surface area contributed by atoms with Gasteiger partial charge in [-0.1, -0.05) is 17.7 Å². The molecule has 1 fully saturated rings. The molecule has 1 N–H and O–H groups in total. The maximum atomic E-state index is 14.9. The fourth-order valence-corrected chi connectivity index (χ4v) is 3.66. The van der Waals surface area contributed by atoms with Crippen LogP contribution in [-0.4, -0.2) is 40.8 Å². The lowest BCUT2D eigenvalue weighted by atomic mass is 10.2. The van der Waals surface area contributed by atoms with Gasteiger partial charge >= 0.3 is 0 Å². The molecular formula is C23H22FN5O. The maximum absolute atomic E-state index is 14.9.